The monoisotopic (exact) mass is 416 g/mol. The summed E-state index contributed by atoms with van der Waals surface area (Å²) in [5.74, 6) is -0.152. The molecule has 1 fully saturated rings. The van der Waals surface area contributed by atoms with Crippen LogP contribution in [0.3, 0.4) is 0 Å². The minimum atomic E-state index is -3.67. The van der Waals surface area contributed by atoms with Crippen molar-refractivity contribution in [3.8, 4) is 5.75 Å². The smallest absolute Gasteiger partial charge is 0.246 e. The summed E-state index contributed by atoms with van der Waals surface area (Å²) < 4.78 is 33.3. The average molecular weight is 417 g/mol. The number of rotatable bonds is 8. The van der Waals surface area contributed by atoms with Crippen LogP contribution in [0.2, 0.25) is 0 Å². The minimum Gasteiger partial charge on any atom is -0.492 e. The van der Waals surface area contributed by atoms with E-state index in [0.29, 0.717) is 37.6 Å². The number of hydrogen-bond acceptors (Lipinski definition) is 4. The number of hydrogen-bond donors (Lipinski definition) is 1. The summed E-state index contributed by atoms with van der Waals surface area (Å²) in [7, 11) is -3.67. The standard InChI is InChI=1S/C22H28N2O4S/c1-3-19(17-10-6-5-7-11-17)22(25)23-18-12-13-20(28-4-2)21(16-18)29(26,27)24-14-8-9-15-24/h5-7,10-13,16,19H,3-4,8-9,14-15H2,1-2H3,(H,23,25)/t19-/m0/s1. The Morgan fingerprint density at radius 3 is 2.41 bits per heavy atom. The molecule has 1 saturated heterocycles. The Labute approximate surface area is 172 Å². The SMILES string of the molecule is CCOc1ccc(NC(=O)[C@@H](CC)c2ccccc2)cc1S(=O)(=O)N1CCCC1. The highest BCUT2D eigenvalue weighted by Crippen LogP contribution is 2.32. The van der Waals surface area contributed by atoms with Crippen molar-refractivity contribution >= 4 is 21.6 Å². The fourth-order valence-electron chi connectivity index (χ4n) is 3.62. The average Bonchev–Trinajstić information content (AvgIpc) is 3.26. The summed E-state index contributed by atoms with van der Waals surface area (Å²) in [6, 6.07) is 14.4. The van der Waals surface area contributed by atoms with Crippen LogP contribution in [0.5, 0.6) is 5.75 Å². The fourth-order valence-corrected chi connectivity index (χ4v) is 5.29. The first-order chi connectivity index (χ1) is 14.0. The van der Waals surface area contributed by atoms with E-state index in [1.807, 2.05) is 44.2 Å². The predicted octanol–water partition coefficient (Wildman–Crippen LogP) is 4.00. The molecule has 0 aromatic heterocycles. The molecule has 1 atom stereocenters. The first-order valence-corrected chi connectivity index (χ1v) is 11.5. The number of benzene rings is 2. The van der Waals surface area contributed by atoms with E-state index < -0.39 is 10.0 Å². The first-order valence-electron chi connectivity index (χ1n) is 10.1. The number of anilines is 1. The third-order valence-corrected chi connectivity index (χ3v) is 7.04. The molecule has 0 spiro atoms. The molecule has 0 bridgehead atoms. The van der Waals surface area contributed by atoms with Gasteiger partial charge in [0, 0.05) is 18.8 Å². The third kappa shape index (κ3) is 4.79. The summed E-state index contributed by atoms with van der Waals surface area (Å²) in [4.78, 5) is 13.0. The van der Waals surface area contributed by atoms with Gasteiger partial charge in [-0.2, -0.15) is 4.31 Å². The molecule has 1 heterocycles. The quantitative estimate of drug-likeness (QED) is 0.706. The third-order valence-electron chi connectivity index (χ3n) is 5.12. The van der Waals surface area contributed by atoms with Crippen molar-refractivity contribution in [1.82, 2.24) is 4.31 Å². The maximum atomic E-state index is 13.1. The van der Waals surface area contributed by atoms with Crippen molar-refractivity contribution < 1.29 is 17.9 Å². The second kappa shape index (κ2) is 9.41. The number of nitrogens with one attached hydrogen (secondary N) is 1. The number of carbonyl (C=O) groups excluding carboxylic acids is 1. The molecule has 2 aromatic carbocycles. The van der Waals surface area contributed by atoms with E-state index in [0.717, 1.165) is 18.4 Å². The number of carbonyl (C=O) groups is 1. The van der Waals surface area contributed by atoms with E-state index in [1.165, 1.54) is 10.4 Å². The molecule has 7 heteroatoms. The van der Waals surface area contributed by atoms with E-state index in [1.54, 1.807) is 12.1 Å². The van der Waals surface area contributed by atoms with Gasteiger partial charge in [-0.1, -0.05) is 37.3 Å². The maximum absolute atomic E-state index is 13.1. The minimum absolute atomic E-state index is 0.104. The Morgan fingerprint density at radius 2 is 1.79 bits per heavy atom. The number of amides is 1. The number of sulfonamides is 1. The zero-order valence-electron chi connectivity index (χ0n) is 16.9. The molecule has 0 saturated carbocycles. The summed E-state index contributed by atoms with van der Waals surface area (Å²) in [6.45, 7) is 5.15. The van der Waals surface area contributed by atoms with Gasteiger partial charge >= 0.3 is 0 Å². The van der Waals surface area contributed by atoms with Crippen LogP contribution < -0.4 is 10.1 Å². The predicted molar refractivity (Wildman–Crippen MR) is 114 cm³/mol. The second-order valence-electron chi connectivity index (χ2n) is 7.07. The first kappa shape index (κ1) is 21.3. The second-order valence-corrected chi connectivity index (χ2v) is 8.97. The molecule has 0 unspecified atom stereocenters. The molecular formula is C22H28N2O4S. The molecule has 156 valence electrons. The molecule has 3 rings (SSSR count). The molecule has 1 N–H and O–H groups in total. The van der Waals surface area contributed by atoms with Gasteiger partial charge < -0.3 is 10.1 Å². The Balaban J connectivity index is 1.89. The lowest BCUT2D eigenvalue weighted by Crippen LogP contribution is -2.28. The molecular weight excluding hydrogens is 388 g/mol. The summed E-state index contributed by atoms with van der Waals surface area (Å²) in [5.41, 5.74) is 1.38. The lowest BCUT2D eigenvalue weighted by molar-refractivity contribution is -0.117. The topological polar surface area (TPSA) is 75.7 Å². The Bertz CT molecular complexity index is 939. The van der Waals surface area contributed by atoms with Gasteiger partial charge in [0.2, 0.25) is 15.9 Å². The van der Waals surface area contributed by atoms with Crippen molar-refractivity contribution in [1.29, 1.82) is 0 Å². The van der Waals surface area contributed by atoms with Gasteiger partial charge in [0.25, 0.3) is 0 Å². The van der Waals surface area contributed by atoms with Crippen LogP contribution in [0.15, 0.2) is 53.4 Å². The van der Waals surface area contributed by atoms with Gasteiger partial charge in [0.15, 0.2) is 0 Å². The largest absolute Gasteiger partial charge is 0.492 e. The van der Waals surface area contributed by atoms with E-state index in [-0.39, 0.29) is 16.7 Å². The highest BCUT2D eigenvalue weighted by molar-refractivity contribution is 7.89. The van der Waals surface area contributed by atoms with Crippen LogP contribution >= 0.6 is 0 Å². The van der Waals surface area contributed by atoms with Crippen molar-refractivity contribution in [2.75, 3.05) is 25.0 Å². The fraction of sp³-hybridized carbons (Fsp3) is 0.409. The van der Waals surface area contributed by atoms with Crippen molar-refractivity contribution in [2.45, 2.75) is 43.9 Å². The van der Waals surface area contributed by atoms with E-state index in [9.17, 15) is 13.2 Å². The van der Waals surface area contributed by atoms with Gasteiger partial charge in [-0.3, -0.25) is 4.79 Å². The van der Waals surface area contributed by atoms with E-state index >= 15 is 0 Å². The van der Waals surface area contributed by atoms with Crippen LogP contribution in [-0.4, -0.2) is 38.3 Å². The van der Waals surface area contributed by atoms with Crippen molar-refractivity contribution in [2.24, 2.45) is 0 Å². The molecule has 2 aromatic rings. The zero-order valence-corrected chi connectivity index (χ0v) is 17.7. The van der Waals surface area contributed by atoms with Gasteiger partial charge in [-0.25, -0.2) is 8.42 Å². The van der Waals surface area contributed by atoms with Crippen LogP contribution in [0.4, 0.5) is 5.69 Å². The maximum Gasteiger partial charge on any atom is 0.246 e. The molecule has 29 heavy (non-hydrogen) atoms. The molecule has 0 aliphatic carbocycles. The summed E-state index contributed by atoms with van der Waals surface area (Å²) in [6.07, 6.45) is 2.36. The van der Waals surface area contributed by atoms with Crippen molar-refractivity contribution in [3.05, 3.63) is 54.1 Å². The Hall–Kier alpha value is -2.38. The van der Waals surface area contributed by atoms with Gasteiger partial charge in [-0.15, -0.1) is 0 Å². The summed E-state index contributed by atoms with van der Waals surface area (Å²) in [5, 5.41) is 2.89. The molecule has 1 aliphatic heterocycles. The normalized spacial score (nSPS) is 15.8. The van der Waals surface area contributed by atoms with Crippen LogP contribution in [-0.2, 0) is 14.8 Å². The van der Waals surface area contributed by atoms with Crippen LogP contribution in [0, 0.1) is 0 Å². The zero-order chi connectivity index (χ0) is 20.9. The summed E-state index contributed by atoms with van der Waals surface area (Å²) >= 11 is 0. The van der Waals surface area contributed by atoms with E-state index in [4.69, 9.17) is 4.74 Å². The molecule has 0 radical (unpaired) electrons. The lowest BCUT2D eigenvalue weighted by atomic mass is 9.95. The van der Waals surface area contributed by atoms with Gasteiger partial charge in [-0.05, 0) is 49.9 Å². The highest BCUT2D eigenvalue weighted by atomic mass is 32.2. The lowest BCUT2D eigenvalue weighted by Gasteiger charge is -2.20. The van der Waals surface area contributed by atoms with Crippen LogP contribution in [0.25, 0.3) is 0 Å². The van der Waals surface area contributed by atoms with Crippen LogP contribution in [0.1, 0.15) is 44.6 Å². The van der Waals surface area contributed by atoms with Gasteiger partial charge in [0.1, 0.15) is 10.6 Å². The molecule has 1 amide bonds. The molecule has 6 nitrogen and oxygen atoms in total. The van der Waals surface area contributed by atoms with Gasteiger partial charge in [0.05, 0.1) is 12.5 Å². The number of ether oxygens (including phenoxy) is 1. The Kier molecular flexibility index (Phi) is 6.92. The van der Waals surface area contributed by atoms with E-state index in [2.05, 4.69) is 5.32 Å². The highest BCUT2D eigenvalue weighted by Gasteiger charge is 2.30. The molecule has 1 aliphatic rings. The number of nitrogens with zero attached hydrogens (tertiary/aromatic N) is 1. The van der Waals surface area contributed by atoms with Crippen molar-refractivity contribution in [3.63, 3.8) is 0 Å². The Morgan fingerprint density at radius 1 is 1.10 bits per heavy atom.